The van der Waals surface area contributed by atoms with Gasteiger partial charge in [0.2, 0.25) is 0 Å². The van der Waals surface area contributed by atoms with Crippen LogP contribution in [0.25, 0.3) is 0 Å². The zero-order chi connectivity index (χ0) is 13.9. The molecule has 18 heavy (non-hydrogen) atoms. The first-order valence-corrected chi connectivity index (χ1v) is 7.43. The third-order valence-electron chi connectivity index (χ3n) is 2.46. The van der Waals surface area contributed by atoms with E-state index in [0.717, 1.165) is 28.8 Å². The summed E-state index contributed by atoms with van der Waals surface area (Å²) in [5.74, 6) is 1.88. The van der Waals surface area contributed by atoms with Crippen LogP contribution in [0.3, 0.4) is 0 Å². The Hall–Kier alpha value is -0.770. The molecule has 102 valence electrons. The quantitative estimate of drug-likeness (QED) is 0.660. The number of nitrogens with one attached hydrogen (secondary N) is 1. The molecule has 0 amide bonds. The number of anilines is 1. The van der Waals surface area contributed by atoms with Gasteiger partial charge in [-0.1, -0.05) is 34.6 Å². The Morgan fingerprint density at radius 2 is 1.83 bits per heavy atom. The molecule has 0 saturated carbocycles. The Morgan fingerprint density at radius 1 is 1.22 bits per heavy atom. The van der Waals surface area contributed by atoms with E-state index >= 15 is 0 Å². The number of aromatic nitrogens is 2. The highest BCUT2D eigenvalue weighted by molar-refractivity contribution is 7.99. The zero-order valence-electron chi connectivity index (χ0n) is 12.6. The van der Waals surface area contributed by atoms with Crippen molar-refractivity contribution < 1.29 is 0 Å². The average molecular weight is 267 g/mol. The van der Waals surface area contributed by atoms with Crippen LogP contribution in [-0.4, -0.2) is 21.8 Å². The summed E-state index contributed by atoms with van der Waals surface area (Å²) in [6, 6.07) is 0. The van der Waals surface area contributed by atoms with Gasteiger partial charge in [-0.2, -0.15) is 0 Å². The van der Waals surface area contributed by atoms with E-state index in [-0.39, 0.29) is 5.41 Å². The molecule has 0 radical (unpaired) electrons. The lowest BCUT2D eigenvalue weighted by Crippen LogP contribution is -2.19. The standard InChI is InChI=1S/C14H25N3S/c1-8-15-11-10(4)12(18-9(2)3)17-13(16-11)14(5,6)7/h9H,8H2,1-7H3,(H,15,16,17). The maximum atomic E-state index is 4.74. The molecule has 0 aliphatic heterocycles. The Balaban J connectivity index is 3.27. The van der Waals surface area contributed by atoms with E-state index in [0.29, 0.717) is 5.25 Å². The Morgan fingerprint density at radius 3 is 2.28 bits per heavy atom. The van der Waals surface area contributed by atoms with Gasteiger partial charge in [-0.05, 0) is 13.8 Å². The topological polar surface area (TPSA) is 37.8 Å². The van der Waals surface area contributed by atoms with E-state index in [1.807, 2.05) is 0 Å². The molecule has 0 bridgehead atoms. The fourth-order valence-electron chi connectivity index (χ4n) is 1.51. The third-order valence-corrected chi connectivity index (χ3v) is 3.56. The minimum atomic E-state index is -0.0236. The molecular weight excluding hydrogens is 242 g/mol. The number of nitrogens with zero attached hydrogens (tertiary/aromatic N) is 2. The minimum Gasteiger partial charge on any atom is -0.370 e. The molecule has 0 unspecified atom stereocenters. The molecule has 0 spiro atoms. The predicted molar refractivity (Wildman–Crippen MR) is 80.6 cm³/mol. The van der Waals surface area contributed by atoms with Gasteiger partial charge in [0.25, 0.3) is 0 Å². The van der Waals surface area contributed by atoms with E-state index in [9.17, 15) is 0 Å². The molecule has 0 saturated heterocycles. The van der Waals surface area contributed by atoms with Crippen LogP contribution in [0.1, 0.15) is 52.9 Å². The van der Waals surface area contributed by atoms with Crippen LogP contribution in [0.2, 0.25) is 0 Å². The fraction of sp³-hybridized carbons (Fsp3) is 0.714. The first kappa shape index (κ1) is 15.3. The molecule has 0 atom stereocenters. The Labute approximate surface area is 115 Å². The average Bonchev–Trinajstić information content (AvgIpc) is 2.21. The van der Waals surface area contributed by atoms with E-state index in [1.54, 1.807) is 11.8 Å². The molecule has 1 aromatic rings. The Bertz CT molecular complexity index is 408. The summed E-state index contributed by atoms with van der Waals surface area (Å²) in [6.07, 6.45) is 0. The van der Waals surface area contributed by atoms with Gasteiger partial charge < -0.3 is 5.32 Å². The smallest absolute Gasteiger partial charge is 0.137 e. The van der Waals surface area contributed by atoms with Gasteiger partial charge in [-0.15, -0.1) is 11.8 Å². The van der Waals surface area contributed by atoms with Crippen molar-refractivity contribution in [2.24, 2.45) is 0 Å². The highest BCUT2D eigenvalue weighted by atomic mass is 32.2. The summed E-state index contributed by atoms with van der Waals surface area (Å²) in [6.45, 7) is 15.9. The predicted octanol–water partition coefficient (Wildman–Crippen LogP) is 4.01. The van der Waals surface area contributed by atoms with Crippen LogP contribution >= 0.6 is 11.8 Å². The summed E-state index contributed by atoms with van der Waals surface area (Å²) in [4.78, 5) is 9.40. The fourth-order valence-corrected chi connectivity index (χ4v) is 2.37. The maximum absolute atomic E-state index is 4.74. The van der Waals surface area contributed by atoms with Gasteiger partial charge in [0, 0.05) is 22.8 Å². The van der Waals surface area contributed by atoms with E-state index < -0.39 is 0 Å². The molecular formula is C14H25N3S. The van der Waals surface area contributed by atoms with Gasteiger partial charge in [0.05, 0.1) is 0 Å². The summed E-state index contributed by atoms with van der Waals surface area (Å²) >= 11 is 1.80. The van der Waals surface area contributed by atoms with Crippen molar-refractivity contribution >= 4 is 17.6 Å². The van der Waals surface area contributed by atoms with Crippen LogP contribution in [0.4, 0.5) is 5.82 Å². The van der Waals surface area contributed by atoms with Crippen molar-refractivity contribution in [3.05, 3.63) is 11.4 Å². The number of hydrogen-bond donors (Lipinski definition) is 1. The number of thioether (sulfide) groups is 1. The largest absolute Gasteiger partial charge is 0.370 e. The maximum Gasteiger partial charge on any atom is 0.137 e. The lowest BCUT2D eigenvalue weighted by Gasteiger charge is -2.21. The van der Waals surface area contributed by atoms with Crippen molar-refractivity contribution in [2.75, 3.05) is 11.9 Å². The van der Waals surface area contributed by atoms with Gasteiger partial charge in [-0.3, -0.25) is 0 Å². The van der Waals surface area contributed by atoms with Gasteiger partial charge in [0.1, 0.15) is 16.7 Å². The third kappa shape index (κ3) is 3.87. The van der Waals surface area contributed by atoms with Crippen molar-refractivity contribution in [1.82, 2.24) is 9.97 Å². The van der Waals surface area contributed by atoms with Gasteiger partial charge >= 0.3 is 0 Å². The normalized spacial score (nSPS) is 12.0. The molecule has 1 rings (SSSR count). The molecule has 0 fully saturated rings. The second-order valence-electron chi connectivity index (χ2n) is 5.77. The molecule has 0 aromatic carbocycles. The zero-order valence-corrected chi connectivity index (χ0v) is 13.4. The molecule has 4 heteroatoms. The van der Waals surface area contributed by atoms with Crippen LogP contribution in [0.5, 0.6) is 0 Å². The molecule has 0 aliphatic carbocycles. The van der Waals surface area contributed by atoms with E-state index in [4.69, 9.17) is 4.98 Å². The van der Waals surface area contributed by atoms with Crippen molar-refractivity contribution in [3.8, 4) is 0 Å². The van der Waals surface area contributed by atoms with Crippen molar-refractivity contribution in [2.45, 2.75) is 64.2 Å². The summed E-state index contributed by atoms with van der Waals surface area (Å²) < 4.78 is 0. The SMILES string of the molecule is CCNc1nc(C(C)(C)C)nc(SC(C)C)c1C. The summed E-state index contributed by atoms with van der Waals surface area (Å²) in [5, 5.41) is 4.96. The number of rotatable bonds is 4. The summed E-state index contributed by atoms with van der Waals surface area (Å²) in [7, 11) is 0. The lowest BCUT2D eigenvalue weighted by atomic mass is 9.95. The van der Waals surface area contributed by atoms with Gasteiger partial charge in [0.15, 0.2) is 0 Å². The molecule has 0 aliphatic rings. The van der Waals surface area contributed by atoms with Crippen molar-refractivity contribution in [3.63, 3.8) is 0 Å². The van der Waals surface area contributed by atoms with E-state index in [2.05, 4.69) is 58.8 Å². The van der Waals surface area contributed by atoms with E-state index in [1.165, 1.54) is 0 Å². The Kier molecular flexibility index (Phi) is 5.02. The summed E-state index contributed by atoms with van der Waals surface area (Å²) in [5.41, 5.74) is 1.13. The first-order valence-electron chi connectivity index (χ1n) is 6.55. The first-order chi connectivity index (χ1) is 8.25. The number of hydrogen-bond acceptors (Lipinski definition) is 4. The molecule has 1 aromatic heterocycles. The van der Waals surface area contributed by atoms with Crippen LogP contribution in [-0.2, 0) is 5.41 Å². The monoisotopic (exact) mass is 267 g/mol. The highest BCUT2D eigenvalue weighted by Crippen LogP contribution is 2.31. The second kappa shape index (κ2) is 5.91. The van der Waals surface area contributed by atoms with Crippen LogP contribution < -0.4 is 5.32 Å². The van der Waals surface area contributed by atoms with Gasteiger partial charge in [-0.25, -0.2) is 9.97 Å². The van der Waals surface area contributed by atoms with Crippen LogP contribution in [0.15, 0.2) is 5.03 Å². The molecule has 1 N–H and O–H groups in total. The van der Waals surface area contributed by atoms with Crippen molar-refractivity contribution in [1.29, 1.82) is 0 Å². The molecule has 3 nitrogen and oxygen atoms in total. The lowest BCUT2D eigenvalue weighted by molar-refractivity contribution is 0.538. The minimum absolute atomic E-state index is 0.0236. The highest BCUT2D eigenvalue weighted by Gasteiger charge is 2.21. The second-order valence-corrected chi connectivity index (χ2v) is 7.34. The van der Waals surface area contributed by atoms with Crippen LogP contribution in [0, 0.1) is 6.92 Å². The molecule has 1 heterocycles.